The molecule has 8 heteroatoms. The molecule has 3 rings (SSSR count). The van der Waals surface area contributed by atoms with E-state index < -0.39 is 24.3 Å². The molecular weight excluding hydrogens is 442 g/mol. The number of hydrogen-bond acceptors (Lipinski definition) is 2. The minimum Gasteiger partial charge on any atom is -0.380 e. The Morgan fingerprint density at radius 2 is 1.64 bits per heavy atom. The van der Waals surface area contributed by atoms with Gasteiger partial charge in [0.25, 0.3) is 0 Å². The Bertz CT molecular complexity index is 1060. The van der Waals surface area contributed by atoms with E-state index in [1.54, 1.807) is 51.1 Å². The molecule has 1 heterocycles. The molecule has 2 aromatic rings. The van der Waals surface area contributed by atoms with Crippen molar-refractivity contribution >= 4 is 5.71 Å². The van der Waals surface area contributed by atoms with Crippen LogP contribution in [0, 0.1) is 20.8 Å². The highest BCUT2D eigenvalue weighted by atomic mass is 19.4. The van der Waals surface area contributed by atoms with Crippen molar-refractivity contribution in [3.63, 3.8) is 0 Å². The van der Waals surface area contributed by atoms with Gasteiger partial charge in [0, 0.05) is 24.3 Å². The third-order valence-electron chi connectivity index (χ3n) is 5.94. The van der Waals surface area contributed by atoms with Gasteiger partial charge in [-0.3, -0.25) is 4.99 Å². The lowest BCUT2D eigenvalue weighted by atomic mass is 9.75. The Labute approximate surface area is 189 Å². The summed E-state index contributed by atoms with van der Waals surface area (Å²) in [5.41, 5.74) is 2.33. The highest BCUT2D eigenvalue weighted by Gasteiger charge is 2.58. The van der Waals surface area contributed by atoms with Crippen LogP contribution in [0.3, 0.4) is 0 Å². The molecule has 1 unspecified atom stereocenters. The summed E-state index contributed by atoms with van der Waals surface area (Å²) in [6.45, 7) is 7.40. The summed E-state index contributed by atoms with van der Waals surface area (Å²) in [5.74, 6) is 0. The first-order valence-electron chi connectivity index (χ1n) is 10.5. The zero-order chi connectivity index (χ0) is 24.6. The summed E-state index contributed by atoms with van der Waals surface area (Å²) in [5, 5.41) is 2.25. The molecule has 2 nitrogen and oxygen atoms in total. The van der Waals surface area contributed by atoms with E-state index in [1.807, 2.05) is 6.07 Å². The second kappa shape index (κ2) is 8.88. The quantitative estimate of drug-likeness (QED) is 0.480. The van der Waals surface area contributed by atoms with Crippen molar-refractivity contribution in [1.29, 1.82) is 0 Å². The average Bonchev–Trinajstić information content (AvgIpc) is 3.14. The van der Waals surface area contributed by atoms with Gasteiger partial charge in [-0.15, -0.1) is 0 Å². The van der Waals surface area contributed by atoms with Crippen LogP contribution in [-0.2, 0) is 11.8 Å². The third-order valence-corrected chi connectivity index (χ3v) is 5.94. The minimum atomic E-state index is -4.48. The second-order valence-electron chi connectivity index (χ2n) is 8.79. The molecule has 0 spiro atoms. The summed E-state index contributed by atoms with van der Waals surface area (Å²) in [7, 11) is 0. The van der Waals surface area contributed by atoms with Crippen molar-refractivity contribution < 1.29 is 26.3 Å². The van der Waals surface area contributed by atoms with Crippen molar-refractivity contribution in [2.24, 2.45) is 4.99 Å². The molecule has 0 aliphatic carbocycles. The van der Waals surface area contributed by atoms with E-state index in [1.165, 1.54) is 0 Å². The number of alkyl halides is 6. The highest BCUT2D eigenvalue weighted by molar-refractivity contribution is 6.03. The van der Waals surface area contributed by atoms with Crippen LogP contribution in [0.25, 0.3) is 0 Å². The van der Waals surface area contributed by atoms with Crippen molar-refractivity contribution in [2.75, 3.05) is 13.1 Å². The van der Waals surface area contributed by atoms with Crippen LogP contribution in [-0.4, -0.2) is 31.2 Å². The van der Waals surface area contributed by atoms with Gasteiger partial charge in [0.1, 0.15) is 12.0 Å². The van der Waals surface area contributed by atoms with E-state index >= 15 is 0 Å². The smallest absolute Gasteiger partial charge is 0.380 e. The third kappa shape index (κ3) is 5.60. The molecule has 0 radical (unpaired) electrons. The topological polar surface area (TPSA) is 24.4 Å². The van der Waals surface area contributed by atoms with E-state index in [2.05, 4.69) is 16.9 Å². The molecule has 178 valence electrons. The number of allylic oxidation sites excluding steroid dienone is 1. The van der Waals surface area contributed by atoms with Crippen LogP contribution < -0.4 is 5.32 Å². The highest BCUT2D eigenvalue weighted by Crippen LogP contribution is 2.48. The lowest BCUT2D eigenvalue weighted by Gasteiger charge is -2.32. The SMILES string of the molecule is C=C(Cc1ccc(C2=NCC(c3cc(C)cc(C)c3)(C(F)(F)F)C2)cc1C)NCC(F)(F)F. The van der Waals surface area contributed by atoms with E-state index in [0.29, 0.717) is 11.3 Å². The van der Waals surface area contributed by atoms with Crippen molar-refractivity contribution in [3.05, 3.63) is 82.1 Å². The molecule has 0 bridgehead atoms. The molecule has 1 atom stereocenters. The summed E-state index contributed by atoms with van der Waals surface area (Å²) in [6.07, 6.45) is -8.90. The van der Waals surface area contributed by atoms with Crippen LogP contribution >= 0.6 is 0 Å². The van der Waals surface area contributed by atoms with Gasteiger partial charge in [-0.2, -0.15) is 26.3 Å². The Morgan fingerprint density at radius 1 is 1.00 bits per heavy atom. The second-order valence-corrected chi connectivity index (χ2v) is 8.79. The molecule has 2 aromatic carbocycles. The van der Waals surface area contributed by atoms with Crippen LogP contribution in [0.2, 0.25) is 0 Å². The molecule has 0 aromatic heterocycles. The Hall–Kier alpha value is -2.77. The average molecular weight is 468 g/mol. The van der Waals surface area contributed by atoms with Crippen LogP contribution in [0.5, 0.6) is 0 Å². The zero-order valence-electron chi connectivity index (χ0n) is 18.7. The Morgan fingerprint density at radius 3 is 2.18 bits per heavy atom. The van der Waals surface area contributed by atoms with Gasteiger partial charge in [0.05, 0.1) is 6.54 Å². The Kier molecular flexibility index (Phi) is 6.69. The Balaban J connectivity index is 1.82. The van der Waals surface area contributed by atoms with Gasteiger partial charge < -0.3 is 5.32 Å². The molecule has 0 saturated heterocycles. The van der Waals surface area contributed by atoms with Crippen molar-refractivity contribution in [3.8, 4) is 0 Å². The number of aliphatic imine (C=N–C) groups is 1. The lowest BCUT2D eigenvalue weighted by molar-refractivity contribution is -0.183. The maximum atomic E-state index is 14.3. The molecule has 33 heavy (non-hydrogen) atoms. The molecule has 0 amide bonds. The summed E-state index contributed by atoms with van der Waals surface area (Å²) < 4.78 is 80.1. The molecular formula is C25H26F6N2. The monoisotopic (exact) mass is 468 g/mol. The normalized spacial score (nSPS) is 18.9. The number of hydrogen-bond donors (Lipinski definition) is 1. The van der Waals surface area contributed by atoms with Crippen molar-refractivity contribution in [2.45, 2.75) is 51.4 Å². The van der Waals surface area contributed by atoms with Gasteiger partial charge in [-0.25, -0.2) is 0 Å². The fourth-order valence-electron chi connectivity index (χ4n) is 4.21. The van der Waals surface area contributed by atoms with Gasteiger partial charge >= 0.3 is 12.4 Å². The van der Waals surface area contributed by atoms with E-state index in [9.17, 15) is 26.3 Å². The zero-order valence-corrected chi connectivity index (χ0v) is 18.7. The van der Waals surface area contributed by atoms with Crippen molar-refractivity contribution in [1.82, 2.24) is 5.32 Å². The first-order valence-corrected chi connectivity index (χ1v) is 10.5. The predicted molar refractivity (Wildman–Crippen MR) is 118 cm³/mol. The maximum absolute atomic E-state index is 14.3. The predicted octanol–water partition coefficient (Wildman–Crippen LogP) is 6.51. The largest absolute Gasteiger partial charge is 0.405 e. The molecule has 1 N–H and O–H groups in total. The number of rotatable bonds is 6. The number of benzene rings is 2. The minimum absolute atomic E-state index is 0.184. The number of halogens is 6. The van der Waals surface area contributed by atoms with Gasteiger partial charge in [0.15, 0.2) is 0 Å². The van der Waals surface area contributed by atoms with Gasteiger partial charge in [-0.1, -0.05) is 48.0 Å². The molecule has 1 aliphatic heterocycles. The van der Waals surface area contributed by atoms with Crippen LogP contribution in [0.4, 0.5) is 26.3 Å². The summed E-state index contributed by atoms with van der Waals surface area (Å²) >= 11 is 0. The fraction of sp³-hybridized carbons (Fsp3) is 0.400. The lowest BCUT2D eigenvalue weighted by Crippen LogP contribution is -2.44. The molecule has 1 aliphatic rings. The molecule has 0 fully saturated rings. The first-order chi connectivity index (χ1) is 15.2. The van der Waals surface area contributed by atoms with Gasteiger partial charge in [0.2, 0.25) is 0 Å². The molecule has 0 saturated carbocycles. The van der Waals surface area contributed by atoms with E-state index in [0.717, 1.165) is 22.3 Å². The number of aryl methyl sites for hydroxylation is 3. The fourth-order valence-corrected chi connectivity index (χ4v) is 4.21. The van der Waals surface area contributed by atoms with E-state index in [-0.39, 0.29) is 30.6 Å². The van der Waals surface area contributed by atoms with Crippen LogP contribution in [0.15, 0.2) is 53.7 Å². The number of nitrogens with zero attached hydrogens (tertiary/aromatic N) is 1. The number of nitrogens with one attached hydrogen (secondary N) is 1. The first kappa shape index (κ1) is 24.9. The maximum Gasteiger partial charge on any atom is 0.405 e. The summed E-state index contributed by atoms with van der Waals surface area (Å²) in [4.78, 5) is 4.29. The standard InChI is InChI=1S/C25H26F6N2/c1-15-7-16(2)9-21(8-15)23(25(29,30)31)12-22(33-13-23)20-6-5-19(17(3)10-20)11-18(4)32-14-24(26,27)28/h5-10,32H,4,11-14H2,1-3H3. The van der Waals surface area contributed by atoms with Crippen LogP contribution in [0.1, 0.15) is 39.8 Å². The van der Waals surface area contributed by atoms with E-state index in [4.69, 9.17) is 0 Å². The summed E-state index contributed by atoms with van der Waals surface area (Å²) in [6, 6.07) is 10.1. The van der Waals surface area contributed by atoms with Gasteiger partial charge in [-0.05, 0) is 49.1 Å².